The second-order valence-electron chi connectivity index (χ2n) is 12.5. The number of rotatable bonds is 9. The van der Waals surface area contributed by atoms with Gasteiger partial charge in [0.05, 0.1) is 12.2 Å². The van der Waals surface area contributed by atoms with Gasteiger partial charge in [0, 0.05) is 68.2 Å². The molecule has 0 radical (unpaired) electrons. The summed E-state index contributed by atoms with van der Waals surface area (Å²) in [7, 11) is 1.82. The van der Waals surface area contributed by atoms with Gasteiger partial charge < -0.3 is 24.3 Å². The molecule has 2 aliphatic heterocycles. The average molecular weight is 634 g/mol. The summed E-state index contributed by atoms with van der Waals surface area (Å²) < 4.78 is 46.7. The van der Waals surface area contributed by atoms with E-state index < -0.39 is 23.7 Å². The van der Waals surface area contributed by atoms with Gasteiger partial charge in [-0.25, -0.2) is 19.7 Å². The molecule has 2 aromatic carbocycles. The molecule has 6 rings (SSSR count). The molecule has 3 aromatic rings. The molecular weight excluding hydrogens is 595 g/mol. The topological polar surface area (TPSA) is 69.4 Å². The largest absolute Gasteiger partial charge is 0.462 e. The van der Waals surface area contributed by atoms with Crippen LogP contribution < -0.4 is 14.5 Å². The molecule has 0 N–H and O–H groups in total. The first kappa shape index (κ1) is 31.6. The van der Waals surface area contributed by atoms with Gasteiger partial charge in [-0.2, -0.15) is 9.97 Å². The van der Waals surface area contributed by atoms with E-state index in [1.807, 2.05) is 16.8 Å². The highest BCUT2D eigenvalue weighted by molar-refractivity contribution is 5.97. The Labute approximate surface area is 267 Å². The molecule has 1 amide bonds. The highest BCUT2D eigenvalue weighted by Crippen LogP contribution is 2.40. The maximum Gasteiger partial charge on any atom is 0.318 e. The number of nitrogens with zero attached hydrogens (tertiary/aromatic N) is 7. The minimum atomic E-state index is -2.60. The lowest BCUT2D eigenvalue weighted by Crippen LogP contribution is -2.57. The molecule has 1 saturated heterocycles. The molecule has 1 atom stereocenters. The standard InChI is InChI=1S/C34H38F3N7O2/c1-22-7-5-8-24-9-6-10-29(30(22)24)42-12-11-27-28(21-42)39-33(46-16-15-41(4)25-17-34(36,37)18-25)40-31(27)43-13-14-44(32(45)23(2)35)26(20-43)19-38-3/h5-10,25-26H,2,11-21H2,1,4H3/t26-/m0/s1. The molecule has 46 heavy (non-hydrogen) atoms. The fourth-order valence-electron chi connectivity index (χ4n) is 6.83. The summed E-state index contributed by atoms with van der Waals surface area (Å²) in [5, 5.41) is 2.36. The van der Waals surface area contributed by atoms with Crippen molar-refractivity contribution < 1.29 is 22.7 Å². The summed E-state index contributed by atoms with van der Waals surface area (Å²) in [4.78, 5) is 33.3. The lowest BCUT2D eigenvalue weighted by molar-refractivity contribution is -0.131. The molecular formula is C34H38F3N7O2. The zero-order chi connectivity index (χ0) is 32.6. The number of alkyl halides is 2. The third kappa shape index (κ3) is 6.33. The van der Waals surface area contributed by atoms with Gasteiger partial charge >= 0.3 is 6.01 Å². The van der Waals surface area contributed by atoms with Crippen LogP contribution in [0.15, 0.2) is 48.8 Å². The minimum absolute atomic E-state index is 0.0207. The quantitative estimate of drug-likeness (QED) is 0.242. The number of aromatic nitrogens is 2. The summed E-state index contributed by atoms with van der Waals surface area (Å²) in [5.41, 5.74) is 4.11. The molecule has 3 aliphatic rings. The van der Waals surface area contributed by atoms with Crippen LogP contribution in [0.3, 0.4) is 0 Å². The van der Waals surface area contributed by atoms with Gasteiger partial charge in [0.25, 0.3) is 11.8 Å². The van der Waals surface area contributed by atoms with Crippen molar-refractivity contribution in [3.8, 4) is 6.01 Å². The van der Waals surface area contributed by atoms with Crippen molar-refractivity contribution in [3.63, 3.8) is 0 Å². The van der Waals surface area contributed by atoms with E-state index in [1.165, 1.54) is 21.2 Å². The second kappa shape index (κ2) is 12.8. The normalized spacial score (nSPS) is 19.5. The van der Waals surface area contributed by atoms with E-state index in [4.69, 9.17) is 21.3 Å². The highest BCUT2D eigenvalue weighted by atomic mass is 19.3. The molecule has 1 saturated carbocycles. The van der Waals surface area contributed by atoms with Crippen LogP contribution in [0.2, 0.25) is 0 Å². The minimum Gasteiger partial charge on any atom is -0.462 e. The predicted molar refractivity (Wildman–Crippen MR) is 171 cm³/mol. The molecule has 2 fully saturated rings. The Kier molecular flexibility index (Phi) is 8.79. The van der Waals surface area contributed by atoms with E-state index in [1.54, 1.807) is 0 Å². The van der Waals surface area contributed by atoms with E-state index >= 15 is 0 Å². The number of benzene rings is 2. The van der Waals surface area contributed by atoms with Crippen molar-refractivity contribution >= 4 is 28.2 Å². The Balaban J connectivity index is 1.28. The maximum atomic E-state index is 13.8. The van der Waals surface area contributed by atoms with E-state index in [0.717, 1.165) is 23.5 Å². The third-order valence-corrected chi connectivity index (χ3v) is 9.40. The molecule has 1 aromatic heterocycles. The summed E-state index contributed by atoms with van der Waals surface area (Å²) >= 11 is 0. The van der Waals surface area contributed by atoms with E-state index in [-0.39, 0.29) is 44.6 Å². The van der Waals surface area contributed by atoms with E-state index in [0.29, 0.717) is 38.4 Å². The molecule has 0 bridgehead atoms. The van der Waals surface area contributed by atoms with Crippen LogP contribution in [-0.2, 0) is 17.8 Å². The number of likely N-dealkylation sites (N-methyl/N-ethyl adjacent to an activating group) is 1. The lowest BCUT2D eigenvalue weighted by atomic mass is 9.87. The van der Waals surface area contributed by atoms with Gasteiger partial charge in [-0.15, -0.1) is 0 Å². The number of carbonyl (C=O) groups excluding carboxylic acids is 1. The fourth-order valence-corrected chi connectivity index (χ4v) is 6.83. The Morgan fingerprint density at radius 3 is 2.63 bits per heavy atom. The SMILES string of the molecule is [C-]#[N+]C[C@H]1CN(c2nc(OCCN(C)C3CC(F)(F)C3)nc3c2CCN(c2cccc4cccc(C)c24)C3)CCN1C(=O)C(=C)F. The predicted octanol–water partition coefficient (Wildman–Crippen LogP) is 5.03. The molecule has 1 aliphatic carbocycles. The Morgan fingerprint density at radius 1 is 1.15 bits per heavy atom. The molecule has 242 valence electrons. The van der Waals surface area contributed by atoms with E-state index in [9.17, 15) is 18.0 Å². The molecule has 0 spiro atoms. The van der Waals surface area contributed by atoms with Crippen LogP contribution in [0.4, 0.5) is 24.7 Å². The number of amides is 1. The summed E-state index contributed by atoms with van der Waals surface area (Å²) in [6, 6.07) is 12.1. The molecule has 12 heteroatoms. The monoisotopic (exact) mass is 633 g/mol. The number of anilines is 2. The van der Waals surface area contributed by atoms with E-state index in [2.05, 4.69) is 59.6 Å². The first-order valence-corrected chi connectivity index (χ1v) is 15.6. The highest BCUT2D eigenvalue weighted by Gasteiger charge is 2.46. The van der Waals surface area contributed by atoms with Crippen LogP contribution in [0.5, 0.6) is 6.01 Å². The van der Waals surface area contributed by atoms with Crippen LogP contribution in [0, 0.1) is 13.5 Å². The number of ether oxygens (including phenoxy) is 1. The van der Waals surface area contributed by atoms with Crippen molar-refractivity contribution in [2.45, 2.75) is 50.7 Å². The summed E-state index contributed by atoms with van der Waals surface area (Å²) in [5.74, 6) is -3.75. The smallest absolute Gasteiger partial charge is 0.318 e. The summed E-state index contributed by atoms with van der Waals surface area (Å²) in [6.45, 7) is 15.6. The number of hydrogen-bond acceptors (Lipinski definition) is 7. The first-order valence-electron chi connectivity index (χ1n) is 15.6. The fraction of sp³-hybridized carbons (Fsp3) is 0.471. The zero-order valence-corrected chi connectivity index (χ0v) is 26.2. The molecule has 9 nitrogen and oxygen atoms in total. The third-order valence-electron chi connectivity index (χ3n) is 9.40. The molecule has 3 heterocycles. The zero-order valence-electron chi connectivity index (χ0n) is 26.2. The number of piperazine rings is 1. The van der Waals surface area contributed by atoms with Crippen molar-refractivity contribution in [2.24, 2.45) is 0 Å². The van der Waals surface area contributed by atoms with Crippen LogP contribution in [-0.4, -0.2) is 96.6 Å². The van der Waals surface area contributed by atoms with Gasteiger partial charge in [0.1, 0.15) is 18.5 Å². The Bertz CT molecular complexity index is 1680. The lowest BCUT2D eigenvalue weighted by Gasteiger charge is -2.41. The van der Waals surface area contributed by atoms with Gasteiger partial charge in [-0.1, -0.05) is 36.9 Å². The van der Waals surface area contributed by atoms with Gasteiger partial charge in [0.2, 0.25) is 6.54 Å². The van der Waals surface area contributed by atoms with Gasteiger partial charge in [-0.3, -0.25) is 9.69 Å². The average Bonchev–Trinajstić information content (AvgIpc) is 3.02. The van der Waals surface area contributed by atoms with Gasteiger partial charge in [0.15, 0.2) is 5.83 Å². The number of fused-ring (bicyclic) bond motifs is 2. The van der Waals surface area contributed by atoms with Crippen LogP contribution in [0.1, 0.15) is 29.7 Å². The number of carbonyl (C=O) groups is 1. The van der Waals surface area contributed by atoms with Crippen molar-refractivity contribution in [1.82, 2.24) is 19.8 Å². The number of aryl methyl sites for hydroxylation is 1. The van der Waals surface area contributed by atoms with Crippen molar-refractivity contribution in [2.75, 3.05) is 62.7 Å². The van der Waals surface area contributed by atoms with Gasteiger partial charge in [-0.05, 0) is 37.4 Å². The Hall–Kier alpha value is -4.37. The van der Waals surface area contributed by atoms with Crippen molar-refractivity contribution in [1.29, 1.82) is 0 Å². The number of halogens is 3. The first-order chi connectivity index (χ1) is 22.0. The Morgan fingerprint density at radius 2 is 1.91 bits per heavy atom. The number of hydrogen-bond donors (Lipinski definition) is 0. The summed E-state index contributed by atoms with van der Waals surface area (Å²) in [6.07, 6.45) is 0.366. The second-order valence-corrected chi connectivity index (χ2v) is 12.5. The van der Waals surface area contributed by atoms with Crippen LogP contribution in [0.25, 0.3) is 15.6 Å². The molecule has 0 unspecified atom stereocenters. The maximum absolute atomic E-state index is 13.8. The van der Waals surface area contributed by atoms with Crippen LogP contribution >= 0.6 is 0 Å². The van der Waals surface area contributed by atoms with Crippen molar-refractivity contribution in [3.05, 3.63) is 77.0 Å².